The number of piperidine rings is 1. The molecule has 0 bridgehead atoms. The van der Waals surface area contributed by atoms with Crippen LogP contribution in [0.15, 0.2) is 42.5 Å². The summed E-state index contributed by atoms with van der Waals surface area (Å²) in [6.45, 7) is 5.65. The van der Waals surface area contributed by atoms with Gasteiger partial charge >= 0.3 is 12.1 Å². The lowest BCUT2D eigenvalue weighted by molar-refractivity contribution is -0.152. The van der Waals surface area contributed by atoms with E-state index in [4.69, 9.17) is 4.74 Å². The van der Waals surface area contributed by atoms with Crippen LogP contribution in [0, 0.1) is 0 Å². The number of carboxylic acid groups (broad SMARTS) is 1. The predicted molar refractivity (Wildman–Crippen MR) is 127 cm³/mol. The van der Waals surface area contributed by atoms with E-state index in [9.17, 15) is 27.9 Å². The number of carbonyl (C=O) groups is 2. The van der Waals surface area contributed by atoms with Gasteiger partial charge in [0.2, 0.25) is 0 Å². The number of carboxylic acids is 1. The average Bonchev–Trinajstić information content (AvgIpc) is 2.79. The first-order valence-electron chi connectivity index (χ1n) is 11.7. The summed E-state index contributed by atoms with van der Waals surface area (Å²) in [6.07, 6.45) is -1.60. The number of anilines is 1. The summed E-state index contributed by atoms with van der Waals surface area (Å²) in [6, 6.07) is 10.2. The van der Waals surface area contributed by atoms with Crippen LogP contribution in [0.25, 0.3) is 0 Å². The number of amides is 1. The Morgan fingerprint density at radius 1 is 1.06 bits per heavy atom. The summed E-state index contributed by atoms with van der Waals surface area (Å²) in [5.74, 6) is -1.24. The van der Waals surface area contributed by atoms with Crippen LogP contribution in [0.2, 0.25) is 0 Å². The molecule has 1 aliphatic heterocycles. The smallest absolute Gasteiger partial charge is 0.418 e. The fraction of sp³-hybridized carbons (Fsp3) is 0.462. The largest absolute Gasteiger partial charge is 0.478 e. The number of para-hydroxylation sites is 1. The van der Waals surface area contributed by atoms with E-state index in [0.717, 1.165) is 30.9 Å². The molecule has 1 fully saturated rings. The SMILES string of the molecule is CC(Cc1ccc(OC(C)(C)C(=O)O)cc1)NC(=O)c1cccc(C(F)(F)F)c1N1CCCCC1. The van der Waals surface area contributed by atoms with Crippen LogP contribution in [-0.2, 0) is 17.4 Å². The molecular formula is C26H31F3N2O4. The second-order valence-corrected chi connectivity index (χ2v) is 9.39. The normalized spacial score (nSPS) is 15.4. The molecule has 2 aromatic carbocycles. The molecule has 0 saturated carbocycles. The quantitative estimate of drug-likeness (QED) is 0.523. The first kappa shape index (κ1) is 26.4. The van der Waals surface area contributed by atoms with Gasteiger partial charge < -0.3 is 20.1 Å². The van der Waals surface area contributed by atoms with Crippen molar-refractivity contribution in [2.24, 2.45) is 0 Å². The molecule has 2 N–H and O–H groups in total. The van der Waals surface area contributed by atoms with E-state index in [1.807, 2.05) is 0 Å². The first-order valence-corrected chi connectivity index (χ1v) is 11.7. The molecule has 0 spiro atoms. The molecule has 1 unspecified atom stereocenters. The maximum Gasteiger partial charge on any atom is 0.418 e. The monoisotopic (exact) mass is 492 g/mol. The van der Waals surface area contributed by atoms with E-state index in [0.29, 0.717) is 25.3 Å². The van der Waals surface area contributed by atoms with Gasteiger partial charge in [-0.05, 0) is 76.3 Å². The molecule has 3 rings (SSSR count). The van der Waals surface area contributed by atoms with E-state index in [2.05, 4.69) is 5.32 Å². The van der Waals surface area contributed by atoms with Crippen molar-refractivity contribution in [1.82, 2.24) is 5.32 Å². The molecule has 1 aliphatic rings. The fourth-order valence-corrected chi connectivity index (χ4v) is 4.15. The third kappa shape index (κ3) is 6.68. The Kier molecular flexibility index (Phi) is 7.97. The molecular weight excluding hydrogens is 461 g/mol. The highest BCUT2D eigenvalue weighted by Crippen LogP contribution is 2.39. The third-order valence-electron chi connectivity index (χ3n) is 5.99. The Morgan fingerprint density at radius 3 is 2.26 bits per heavy atom. The van der Waals surface area contributed by atoms with Crippen LogP contribution < -0.4 is 15.0 Å². The number of rotatable bonds is 8. The van der Waals surface area contributed by atoms with Gasteiger partial charge in [-0.3, -0.25) is 4.79 Å². The van der Waals surface area contributed by atoms with E-state index in [-0.39, 0.29) is 17.3 Å². The van der Waals surface area contributed by atoms with Gasteiger partial charge in [0.15, 0.2) is 5.60 Å². The Hall–Kier alpha value is -3.23. The van der Waals surface area contributed by atoms with Crippen LogP contribution in [0.1, 0.15) is 61.5 Å². The van der Waals surface area contributed by atoms with Gasteiger partial charge in [-0.1, -0.05) is 18.2 Å². The minimum Gasteiger partial charge on any atom is -0.478 e. The molecule has 0 aliphatic carbocycles. The highest BCUT2D eigenvalue weighted by atomic mass is 19.4. The molecule has 190 valence electrons. The van der Waals surface area contributed by atoms with Crippen molar-refractivity contribution in [2.45, 2.75) is 64.3 Å². The predicted octanol–water partition coefficient (Wildman–Crippen LogP) is 5.30. The van der Waals surface area contributed by atoms with Crippen LogP contribution in [0.5, 0.6) is 5.75 Å². The standard InChI is InChI=1S/C26H31F3N2O4/c1-17(16-18-10-12-19(13-11-18)35-25(2,3)24(33)34)30-23(32)20-8-7-9-21(26(27,28)29)22(20)31-14-5-4-6-15-31/h7-13,17H,4-6,14-16H2,1-3H3,(H,30,32)(H,33,34). The number of aliphatic carboxylic acids is 1. The van der Waals surface area contributed by atoms with Crippen molar-refractivity contribution in [3.05, 3.63) is 59.2 Å². The summed E-state index contributed by atoms with van der Waals surface area (Å²) in [4.78, 5) is 26.0. The summed E-state index contributed by atoms with van der Waals surface area (Å²) in [5, 5.41) is 12.0. The van der Waals surface area contributed by atoms with Crippen molar-refractivity contribution < 1.29 is 32.6 Å². The highest BCUT2D eigenvalue weighted by molar-refractivity contribution is 6.00. The van der Waals surface area contributed by atoms with E-state index < -0.39 is 29.2 Å². The van der Waals surface area contributed by atoms with E-state index >= 15 is 0 Å². The maximum absolute atomic E-state index is 13.8. The first-order chi connectivity index (χ1) is 16.4. The minimum atomic E-state index is -4.56. The zero-order chi connectivity index (χ0) is 25.8. The highest BCUT2D eigenvalue weighted by Gasteiger charge is 2.37. The van der Waals surface area contributed by atoms with Crippen LogP contribution in [0.4, 0.5) is 18.9 Å². The maximum atomic E-state index is 13.8. The van der Waals surface area contributed by atoms with E-state index in [1.54, 1.807) is 36.1 Å². The molecule has 9 heteroatoms. The number of hydrogen-bond donors (Lipinski definition) is 2. The summed E-state index contributed by atoms with van der Waals surface area (Å²) < 4.78 is 46.8. The van der Waals surface area contributed by atoms with Crippen molar-refractivity contribution in [2.75, 3.05) is 18.0 Å². The van der Waals surface area contributed by atoms with Gasteiger partial charge in [0.25, 0.3) is 5.91 Å². The topological polar surface area (TPSA) is 78.9 Å². The summed E-state index contributed by atoms with van der Waals surface area (Å²) in [5.41, 5.74) is -1.34. The molecule has 0 aromatic heterocycles. The molecule has 35 heavy (non-hydrogen) atoms. The Balaban J connectivity index is 1.73. The molecule has 1 atom stereocenters. The van der Waals surface area contributed by atoms with Crippen LogP contribution >= 0.6 is 0 Å². The summed E-state index contributed by atoms with van der Waals surface area (Å²) in [7, 11) is 0. The Labute approximate surface area is 203 Å². The lowest BCUT2D eigenvalue weighted by Crippen LogP contribution is -2.38. The molecule has 2 aromatic rings. The molecule has 0 radical (unpaired) electrons. The molecule has 1 saturated heterocycles. The van der Waals surface area contributed by atoms with Crippen LogP contribution in [0.3, 0.4) is 0 Å². The van der Waals surface area contributed by atoms with Crippen molar-refractivity contribution >= 4 is 17.6 Å². The molecule has 6 nitrogen and oxygen atoms in total. The number of alkyl halides is 3. The number of hydrogen-bond acceptors (Lipinski definition) is 4. The number of benzene rings is 2. The van der Waals surface area contributed by atoms with Gasteiger partial charge in [0, 0.05) is 19.1 Å². The zero-order valence-electron chi connectivity index (χ0n) is 20.1. The van der Waals surface area contributed by atoms with Crippen LogP contribution in [-0.4, -0.2) is 41.7 Å². The summed E-state index contributed by atoms with van der Waals surface area (Å²) >= 11 is 0. The second-order valence-electron chi connectivity index (χ2n) is 9.39. The van der Waals surface area contributed by atoms with Gasteiger partial charge in [-0.2, -0.15) is 13.2 Å². The van der Waals surface area contributed by atoms with E-state index in [1.165, 1.54) is 26.0 Å². The number of ether oxygens (including phenoxy) is 1. The van der Waals surface area contributed by atoms with Crippen molar-refractivity contribution in [3.63, 3.8) is 0 Å². The fourth-order valence-electron chi connectivity index (χ4n) is 4.15. The number of nitrogens with zero attached hydrogens (tertiary/aromatic N) is 1. The van der Waals surface area contributed by atoms with Gasteiger partial charge in [-0.15, -0.1) is 0 Å². The number of nitrogens with one attached hydrogen (secondary N) is 1. The lowest BCUT2D eigenvalue weighted by atomic mass is 10.0. The third-order valence-corrected chi connectivity index (χ3v) is 5.99. The number of halogens is 3. The molecule has 1 amide bonds. The minimum absolute atomic E-state index is 0.0215. The van der Waals surface area contributed by atoms with Gasteiger partial charge in [0.1, 0.15) is 5.75 Å². The second kappa shape index (κ2) is 10.6. The Morgan fingerprint density at radius 2 is 1.69 bits per heavy atom. The van der Waals surface area contributed by atoms with Crippen molar-refractivity contribution in [3.8, 4) is 5.75 Å². The van der Waals surface area contributed by atoms with Crippen molar-refractivity contribution in [1.29, 1.82) is 0 Å². The Bertz CT molecular complexity index is 1050. The number of carbonyl (C=O) groups excluding carboxylic acids is 1. The molecule has 1 heterocycles. The van der Waals surface area contributed by atoms with Gasteiger partial charge in [0.05, 0.1) is 16.8 Å². The van der Waals surface area contributed by atoms with Gasteiger partial charge in [-0.25, -0.2) is 4.79 Å². The lowest BCUT2D eigenvalue weighted by Gasteiger charge is -2.32. The average molecular weight is 493 g/mol. The zero-order valence-corrected chi connectivity index (χ0v) is 20.1.